The molecule has 2 fully saturated rings. The number of nitrogens with one attached hydrogen (secondary N) is 1. The van der Waals surface area contributed by atoms with Gasteiger partial charge in [-0.15, -0.1) is 0 Å². The molecule has 3 rings (SSSR count). The fraction of sp³-hybridized carbons (Fsp3) is 0.600. The zero-order chi connectivity index (χ0) is 17.6. The molecular weight excluding hydrogens is 316 g/mol. The van der Waals surface area contributed by atoms with Crippen molar-refractivity contribution in [1.29, 1.82) is 0 Å². The van der Waals surface area contributed by atoms with Crippen molar-refractivity contribution < 1.29 is 14.3 Å². The summed E-state index contributed by atoms with van der Waals surface area (Å²) in [6.45, 7) is 4.20. The number of rotatable bonds is 5. The third-order valence-corrected chi connectivity index (χ3v) is 5.16. The Bertz CT molecular complexity index is 585. The van der Waals surface area contributed by atoms with Crippen LogP contribution in [0.4, 0.5) is 0 Å². The molecule has 1 aromatic carbocycles. The molecule has 2 aliphatic rings. The molecule has 0 bridgehead atoms. The van der Waals surface area contributed by atoms with E-state index in [1.54, 1.807) is 0 Å². The lowest BCUT2D eigenvalue weighted by Crippen LogP contribution is -2.48. The standard InChI is InChI=1S/C20H28N2O3/c1-15-4-6-16(7-5-15)8-9-19(23)22-12-10-17(11-13-22)21-20(24)18-3-2-14-25-18/h4-7,17-18H,2-3,8-14H2,1H3,(H,21,24). The minimum absolute atomic E-state index is 0.0154. The zero-order valence-corrected chi connectivity index (χ0v) is 15.0. The molecule has 0 radical (unpaired) electrons. The summed E-state index contributed by atoms with van der Waals surface area (Å²) in [6.07, 6.45) is 4.51. The Balaban J connectivity index is 1.38. The van der Waals surface area contributed by atoms with E-state index in [1.165, 1.54) is 11.1 Å². The molecule has 136 valence electrons. The molecule has 0 spiro atoms. The Labute approximate surface area is 149 Å². The fourth-order valence-corrected chi connectivity index (χ4v) is 3.52. The number of carbonyl (C=O) groups is 2. The van der Waals surface area contributed by atoms with Crippen LogP contribution in [0.1, 0.15) is 43.2 Å². The van der Waals surface area contributed by atoms with Crippen molar-refractivity contribution in [3.05, 3.63) is 35.4 Å². The average Bonchev–Trinajstić information content (AvgIpc) is 3.16. The van der Waals surface area contributed by atoms with Crippen LogP contribution in [-0.4, -0.2) is 48.6 Å². The van der Waals surface area contributed by atoms with Crippen LogP contribution in [0.3, 0.4) is 0 Å². The highest BCUT2D eigenvalue weighted by Crippen LogP contribution is 2.16. The van der Waals surface area contributed by atoms with Crippen molar-refractivity contribution in [3.63, 3.8) is 0 Å². The van der Waals surface area contributed by atoms with E-state index < -0.39 is 0 Å². The number of carbonyl (C=O) groups excluding carboxylic acids is 2. The van der Waals surface area contributed by atoms with Crippen molar-refractivity contribution in [1.82, 2.24) is 10.2 Å². The van der Waals surface area contributed by atoms with Crippen LogP contribution < -0.4 is 5.32 Å². The molecule has 1 aromatic rings. The fourth-order valence-electron chi connectivity index (χ4n) is 3.52. The third-order valence-electron chi connectivity index (χ3n) is 5.16. The number of ether oxygens (including phenoxy) is 1. The summed E-state index contributed by atoms with van der Waals surface area (Å²) in [6, 6.07) is 8.52. The van der Waals surface area contributed by atoms with Gasteiger partial charge in [0.05, 0.1) is 0 Å². The first-order valence-corrected chi connectivity index (χ1v) is 9.37. The summed E-state index contributed by atoms with van der Waals surface area (Å²) in [5.41, 5.74) is 2.44. The predicted molar refractivity (Wildman–Crippen MR) is 96.2 cm³/mol. The molecule has 1 unspecified atom stereocenters. The normalized spacial score (nSPS) is 21.3. The van der Waals surface area contributed by atoms with Crippen molar-refractivity contribution in [3.8, 4) is 0 Å². The summed E-state index contributed by atoms with van der Waals surface area (Å²) in [4.78, 5) is 26.4. The predicted octanol–water partition coefficient (Wildman–Crippen LogP) is 2.21. The van der Waals surface area contributed by atoms with Crippen LogP contribution in [0.15, 0.2) is 24.3 Å². The number of aryl methyl sites for hydroxylation is 2. The highest BCUT2D eigenvalue weighted by atomic mass is 16.5. The van der Waals surface area contributed by atoms with Crippen LogP contribution in [0.25, 0.3) is 0 Å². The SMILES string of the molecule is Cc1ccc(CCC(=O)N2CCC(NC(=O)C3CCCO3)CC2)cc1. The quantitative estimate of drug-likeness (QED) is 0.891. The van der Waals surface area contributed by atoms with E-state index >= 15 is 0 Å². The second kappa shape index (κ2) is 8.48. The first-order valence-electron chi connectivity index (χ1n) is 9.37. The van der Waals surface area contributed by atoms with Crippen molar-refractivity contribution >= 4 is 11.8 Å². The van der Waals surface area contributed by atoms with E-state index in [0.717, 1.165) is 45.2 Å². The van der Waals surface area contributed by atoms with Gasteiger partial charge in [-0.25, -0.2) is 0 Å². The molecule has 2 saturated heterocycles. The van der Waals surface area contributed by atoms with E-state index in [-0.39, 0.29) is 24.0 Å². The number of nitrogens with zero attached hydrogens (tertiary/aromatic N) is 1. The summed E-state index contributed by atoms with van der Waals surface area (Å²) in [5, 5.41) is 3.08. The molecule has 25 heavy (non-hydrogen) atoms. The number of hydrogen-bond acceptors (Lipinski definition) is 3. The second-order valence-corrected chi connectivity index (χ2v) is 7.15. The lowest BCUT2D eigenvalue weighted by Gasteiger charge is -2.33. The third kappa shape index (κ3) is 5.05. The average molecular weight is 344 g/mol. The Hall–Kier alpha value is -1.88. The maximum Gasteiger partial charge on any atom is 0.249 e. The van der Waals surface area contributed by atoms with Crippen LogP contribution in [-0.2, 0) is 20.7 Å². The second-order valence-electron chi connectivity index (χ2n) is 7.15. The summed E-state index contributed by atoms with van der Waals surface area (Å²) < 4.78 is 5.42. The maximum atomic E-state index is 12.4. The minimum Gasteiger partial charge on any atom is -0.368 e. The molecule has 5 nitrogen and oxygen atoms in total. The van der Waals surface area contributed by atoms with Gasteiger partial charge in [-0.1, -0.05) is 29.8 Å². The topological polar surface area (TPSA) is 58.6 Å². The van der Waals surface area contributed by atoms with Crippen molar-refractivity contribution in [2.75, 3.05) is 19.7 Å². The number of piperidine rings is 1. The highest BCUT2D eigenvalue weighted by Gasteiger charge is 2.28. The van der Waals surface area contributed by atoms with Gasteiger partial charge in [-0.3, -0.25) is 9.59 Å². The van der Waals surface area contributed by atoms with Gasteiger partial charge < -0.3 is 15.0 Å². The van der Waals surface area contributed by atoms with E-state index in [4.69, 9.17) is 4.74 Å². The zero-order valence-electron chi connectivity index (χ0n) is 15.0. The van der Waals surface area contributed by atoms with Crippen LogP contribution >= 0.6 is 0 Å². The Morgan fingerprint density at radius 3 is 2.52 bits per heavy atom. The first-order chi connectivity index (χ1) is 12.1. The number of amides is 2. The summed E-state index contributed by atoms with van der Waals surface area (Å²) >= 11 is 0. The van der Waals surface area contributed by atoms with Crippen LogP contribution in [0.2, 0.25) is 0 Å². The van der Waals surface area contributed by atoms with E-state index in [9.17, 15) is 9.59 Å². The molecule has 0 aliphatic carbocycles. The molecule has 2 heterocycles. The van der Waals surface area contributed by atoms with Gasteiger partial charge in [0.25, 0.3) is 0 Å². The lowest BCUT2D eigenvalue weighted by atomic mass is 10.0. The van der Waals surface area contributed by atoms with E-state index in [2.05, 4.69) is 36.5 Å². The summed E-state index contributed by atoms with van der Waals surface area (Å²) in [7, 11) is 0. The molecule has 0 saturated carbocycles. The lowest BCUT2D eigenvalue weighted by molar-refractivity contribution is -0.133. The molecule has 1 N–H and O–H groups in total. The van der Waals surface area contributed by atoms with Gasteiger partial charge in [-0.05, 0) is 44.6 Å². The van der Waals surface area contributed by atoms with Crippen molar-refractivity contribution in [2.24, 2.45) is 0 Å². The Kier molecular flexibility index (Phi) is 6.08. The van der Waals surface area contributed by atoms with Gasteiger partial charge in [-0.2, -0.15) is 0 Å². The van der Waals surface area contributed by atoms with Gasteiger partial charge in [0, 0.05) is 32.2 Å². The monoisotopic (exact) mass is 344 g/mol. The van der Waals surface area contributed by atoms with E-state index in [1.807, 2.05) is 4.90 Å². The first kappa shape index (κ1) is 17.9. The van der Waals surface area contributed by atoms with Gasteiger partial charge >= 0.3 is 0 Å². The molecule has 0 aromatic heterocycles. The van der Waals surface area contributed by atoms with Crippen LogP contribution in [0, 0.1) is 6.92 Å². The molecular formula is C20H28N2O3. The molecule has 2 amide bonds. The minimum atomic E-state index is -0.269. The largest absolute Gasteiger partial charge is 0.368 e. The molecule has 1 atom stereocenters. The van der Waals surface area contributed by atoms with E-state index in [0.29, 0.717) is 13.0 Å². The maximum absolute atomic E-state index is 12.4. The number of likely N-dealkylation sites (tertiary alicyclic amines) is 1. The summed E-state index contributed by atoms with van der Waals surface area (Å²) in [5.74, 6) is 0.228. The molecule has 5 heteroatoms. The van der Waals surface area contributed by atoms with Gasteiger partial charge in [0.15, 0.2) is 0 Å². The molecule has 2 aliphatic heterocycles. The van der Waals surface area contributed by atoms with Gasteiger partial charge in [0.1, 0.15) is 6.10 Å². The van der Waals surface area contributed by atoms with Crippen molar-refractivity contribution in [2.45, 2.75) is 57.6 Å². The number of benzene rings is 1. The Morgan fingerprint density at radius 1 is 1.16 bits per heavy atom. The Morgan fingerprint density at radius 2 is 1.88 bits per heavy atom. The number of hydrogen-bond donors (Lipinski definition) is 1. The van der Waals surface area contributed by atoms with Crippen LogP contribution in [0.5, 0.6) is 0 Å². The highest BCUT2D eigenvalue weighted by molar-refractivity contribution is 5.81. The smallest absolute Gasteiger partial charge is 0.249 e. The van der Waals surface area contributed by atoms with Gasteiger partial charge in [0.2, 0.25) is 11.8 Å².